The van der Waals surface area contributed by atoms with Crippen LogP contribution in [0.4, 0.5) is 0 Å². The topological polar surface area (TPSA) is 34.1 Å². The zero-order chi connectivity index (χ0) is 10.8. The lowest BCUT2D eigenvalue weighted by molar-refractivity contribution is 0.602. The van der Waals surface area contributed by atoms with Gasteiger partial charge in [0.2, 0.25) is 0 Å². The van der Waals surface area contributed by atoms with Crippen molar-refractivity contribution in [2.75, 3.05) is 6.26 Å². The van der Waals surface area contributed by atoms with Crippen LogP contribution in [0, 0.1) is 0 Å². The summed E-state index contributed by atoms with van der Waals surface area (Å²) in [6.07, 6.45) is 2.12. The van der Waals surface area contributed by atoms with Crippen LogP contribution in [0.2, 0.25) is 0 Å². The molecule has 0 amide bonds. The van der Waals surface area contributed by atoms with Gasteiger partial charge in [0, 0.05) is 11.1 Å². The van der Waals surface area contributed by atoms with Gasteiger partial charge in [-0.25, -0.2) is 8.42 Å². The minimum Gasteiger partial charge on any atom is -0.224 e. The summed E-state index contributed by atoms with van der Waals surface area (Å²) < 4.78 is 22.3. The van der Waals surface area contributed by atoms with Gasteiger partial charge in [0.05, 0.1) is 4.90 Å². The van der Waals surface area contributed by atoms with E-state index in [4.69, 9.17) is 0 Å². The fourth-order valence-corrected chi connectivity index (χ4v) is 2.20. The summed E-state index contributed by atoms with van der Waals surface area (Å²) in [4.78, 5) is 0.787. The molecule has 1 rings (SSSR count). The van der Waals surface area contributed by atoms with E-state index < -0.39 is 9.84 Å². The second-order valence-electron chi connectivity index (χ2n) is 3.40. The highest BCUT2D eigenvalue weighted by Gasteiger charge is 2.06. The van der Waals surface area contributed by atoms with Crippen molar-refractivity contribution in [1.82, 2.24) is 0 Å². The number of hydrogen-bond donors (Lipinski definition) is 0. The molecule has 14 heavy (non-hydrogen) atoms. The molecule has 1 unspecified atom stereocenters. The quantitative estimate of drug-likeness (QED) is 0.795. The molecule has 1 aromatic rings. The molecule has 0 aliphatic heterocycles. The zero-order valence-electron chi connectivity index (χ0n) is 8.20. The normalized spacial score (nSPS) is 13.9. The molecule has 0 aliphatic rings. The van der Waals surface area contributed by atoms with E-state index in [1.807, 2.05) is 12.1 Å². The first-order valence-corrected chi connectivity index (χ1v) is 7.13. The van der Waals surface area contributed by atoms with Crippen molar-refractivity contribution in [3.05, 3.63) is 29.8 Å². The van der Waals surface area contributed by atoms with Crippen LogP contribution in [0.25, 0.3) is 0 Å². The molecule has 78 valence electrons. The van der Waals surface area contributed by atoms with Gasteiger partial charge in [-0.1, -0.05) is 35.0 Å². The second-order valence-corrected chi connectivity index (χ2v) is 6.98. The molecule has 0 saturated heterocycles. The second kappa shape index (κ2) is 4.45. The van der Waals surface area contributed by atoms with Gasteiger partial charge in [-0.15, -0.1) is 0 Å². The largest absolute Gasteiger partial charge is 0.224 e. The van der Waals surface area contributed by atoms with E-state index in [0.29, 0.717) is 9.72 Å². The summed E-state index contributed by atoms with van der Waals surface area (Å²) in [5.74, 6) is 0. The maximum atomic E-state index is 11.2. The van der Waals surface area contributed by atoms with E-state index in [1.54, 1.807) is 12.1 Å². The zero-order valence-corrected chi connectivity index (χ0v) is 10.6. The highest BCUT2D eigenvalue weighted by Crippen LogP contribution is 2.13. The van der Waals surface area contributed by atoms with E-state index in [1.165, 1.54) is 6.26 Å². The first kappa shape index (κ1) is 11.7. The monoisotopic (exact) mass is 276 g/mol. The summed E-state index contributed by atoms with van der Waals surface area (Å²) in [6, 6.07) is 7.02. The van der Waals surface area contributed by atoms with E-state index in [9.17, 15) is 8.42 Å². The number of hydrogen-bond acceptors (Lipinski definition) is 2. The standard InChI is InChI=1S/C10H13BrO2S/c1-8(11)7-9-3-5-10(6-4-9)14(2,12)13/h3-6,8H,7H2,1-2H3. The minimum absolute atomic E-state index is 0.378. The molecule has 0 radical (unpaired) electrons. The van der Waals surface area contributed by atoms with Crippen LogP contribution in [0.5, 0.6) is 0 Å². The summed E-state index contributed by atoms with van der Waals surface area (Å²) in [5, 5.41) is 0. The minimum atomic E-state index is -3.06. The molecule has 0 N–H and O–H groups in total. The van der Waals surface area contributed by atoms with E-state index in [2.05, 4.69) is 22.9 Å². The average molecular weight is 277 g/mol. The van der Waals surface area contributed by atoms with Crippen LogP contribution in [0.1, 0.15) is 12.5 Å². The third-order valence-corrected chi connectivity index (χ3v) is 3.32. The lowest BCUT2D eigenvalue weighted by Gasteiger charge is -2.04. The maximum Gasteiger partial charge on any atom is 0.175 e. The number of halogens is 1. The van der Waals surface area contributed by atoms with Gasteiger partial charge < -0.3 is 0 Å². The molecule has 2 nitrogen and oxygen atoms in total. The molecule has 0 aromatic heterocycles. The SMILES string of the molecule is CC(Br)Cc1ccc(S(C)(=O)=O)cc1. The molecule has 0 spiro atoms. The average Bonchev–Trinajstić information content (AvgIpc) is 2.02. The lowest BCUT2D eigenvalue weighted by Crippen LogP contribution is -1.99. The number of benzene rings is 1. The van der Waals surface area contributed by atoms with Gasteiger partial charge in [-0.05, 0) is 24.1 Å². The van der Waals surface area contributed by atoms with Gasteiger partial charge >= 0.3 is 0 Å². The van der Waals surface area contributed by atoms with Crippen molar-refractivity contribution < 1.29 is 8.42 Å². The van der Waals surface area contributed by atoms with Crippen LogP contribution < -0.4 is 0 Å². The number of sulfone groups is 1. The summed E-state index contributed by atoms with van der Waals surface area (Å²) in [7, 11) is -3.06. The van der Waals surface area contributed by atoms with Crippen molar-refractivity contribution >= 4 is 25.8 Å². The Bertz CT molecular complexity index is 393. The van der Waals surface area contributed by atoms with Gasteiger partial charge in [0.1, 0.15) is 0 Å². The van der Waals surface area contributed by atoms with Gasteiger partial charge in [-0.2, -0.15) is 0 Å². The van der Waals surface area contributed by atoms with Crippen molar-refractivity contribution in [3.8, 4) is 0 Å². The predicted octanol–water partition coefficient (Wildman–Crippen LogP) is 2.42. The van der Waals surface area contributed by atoms with Crippen LogP contribution in [0.15, 0.2) is 29.2 Å². The van der Waals surface area contributed by atoms with E-state index in [0.717, 1.165) is 12.0 Å². The summed E-state index contributed by atoms with van der Waals surface area (Å²) in [5.41, 5.74) is 1.14. The number of rotatable bonds is 3. The number of alkyl halides is 1. The molecule has 0 saturated carbocycles. The van der Waals surface area contributed by atoms with Crippen LogP contribution in [-0.2, 0) is 16.3 Å². The molecular weight excluding hydrogens is 264 g/mol. The Hall–Kier alpha value is -0.350. The van der Waals surface area contributed by atoms with E-state index in [-0.39, 0.29) is 0 Å². The Morgan fingerprint density at radius 1 is 1.29 bits per heavy atom. The van der Waals surface area contributed by atoms with Gasteiger partial charge in [-0.3, -0.25) is 0 Å². The molecule has 0 bridgehead atoms. The third-order valence-electron chi connectivity index (χ3n) is 1.87. The highest BCUT2D eigenvalue weighted by molar-refractivity contribution is 9.09. The van der Waals surface area contributed by atoms with Gasteiger partial charge in [0.25, 0.3) is 0 Å². The smallest absolute Gasteiger partial charge is 0.175 e. The molecule has 1 atom stereocenters. The Morgan fingerprint density at radius 3 is 2.14 bits per heavy atom. The van der Waals surface area contributed by atoms with Crippen LogP contribution >= 0.6 is 15.9 Å². The van der Waals surface area contributed by atoms with Gasteiger partial charge in [0.15, 0.2) is 9.84 Å². The van der Waals surface area contributed by atoms with Crippen molar-refractivity contribution in [2.24, 2.45) is 0 Å². The fraction of sp³-hybridized carbons (Fsp3) is 0.400. The molecule has 1 aromatic carbocycles. The molecule has 0 heterocycles. The van der Waals surface area contributed by atoms with Crippen molar-refractivity contribution in [2.45, 2.75) is 23.1 Å². The Labute approximate surface area is 93.4 Å². The highest BCUT2D eigenvalue weighted by atomic mass is 79.9. The molecule has 0 fully saturated rings. The Balaban J connectivity index is 2.90. The predicted molar refractivity (Wildman–Crippen MR) is 61.6 cm³/mol. The summed E-state index contributed by atoms with van der Waals surface area (Å²) in [6.45, 7) is 2.06. The Kier molecular flexibility index (Phi) is 3.72. The molecule has 0 aliphatic carbocycles. The molecular formula is C10H13BrO2S. The van der Waals surface area contributed by atoms with Crippen molar-refractivity contribution in [3.63, 3.8) is 0 Å². The summed E-state index contributed by atoms with van der Waals surface area (Å²) >= 11 is 3.45. The third kappa shape index (κ3) is 3.42. The van der Waals surface area contributed by atoms with Crippen molar-refractivity contribution in [1.29, 1.82) is 0 Å². The van der Waals surface area contributed by atoms with E-state index >= 15 is 0 Å². The fourth-order valence-electron chi connectivity index (χ4n) is 1.20. The Morgan fingerprint density at radius 2 is 1.79 bits per heavy atom. The maximum absolute atomic E-state index is 11.2. The van der Waals surface area contributed by atoms with Crippen LogP contribution in [-0.4, -0.2) is 19.5 Å². The van der Waals surface area contributed by atoms with Crippen LogP contribution in [0.3, 0.4) is 0 Å². The molecule has 4 heteroatoms. The lowest BCUT2D eigenvalue weighted by atomic mass is 10.1. The first-order chi connectivity index (χ1) is 6.39. The first-order valence-electron chi connectivity index (χ1n) is 4.32.